The Balaban J connectivity index is 2.91. The highest BCUT2D eigenvalue weighted by Crippen LogP contribution is 2.25. The van der Waals surface area contributed by atoms with Gasteiger partial charge in [0.15, 0.2) is 0 Å². The zero-order valence-corrected chi connectivity index (χ0v) is 9.83. The van der Waals surface area contributed by atoms with Crippen LogP contribution in [0.3, 0.4) is 0 Å². The van der Waals surface area contributed by atoms with Gasteiger partial charge in [-0.25, -0.2) is 5.06 Å². The van der Waals surface area contributed by atoms with Crippen molar-refractivity contribution in [2.24, 2.45) is 0 Å². The van der Waals surface area contributed by atoms with Crippen LogP contribution in [0.15, 0.2) is 18.2 Å². The minimum atomic E-state index is 0.202. The van der Waals surface area contributed by atoms with E-state index < -0.39 is 0 Å². The van der Waals surface area contributed by atoms with Crippen LogP contribution in [-0.4, -0.2) is 15.3 Å². The van der Waals surface area contributed by atoms with Crippen LogP contribution < -0.4 is 0 Å². The lowest BCUT2D eigenvalue weighted by Gasteiger charge is -2.16. The van der Waals surface area contributed by atoms with E-state index in [0.717, 1.165) is 5.06 Å². The molecule has 14 heavy (non-hydrogen) atoms. The fourth-order valence-electron chi connectivity index (χ4n) is 0.944. The molecule has 0 amide bonds. The van der Waals surface area contributed by atoms with E-state index in [0.29, 0.717) is 20.6 Å². The van der Waals surface area contributed by atoms with E-state index in [1.807, 2.05) is 0 Å². The second-order valence-electron chi connectivity index (χ2n) is 2.78. The van der Waals surface area contributed by atoms with Gasteiger partial charge in [0.2, 0.25) is 0 Å². The Morgan fingerprint density at radius 1 is 1.43 bits per heavy atom. The standard InChI is InChI=1S/C9H9Cl2NOS/c1-6(14)12(13)5-7-8(10)3-2-4-9(7)11/h2-4,13H,5H2,1H3. The molecule has 76 valence electrons. The van der Waals surface area contributed by atoms with Gasteiger partial charge >= 0.3 is 0 Å². The van der Waals surface area contributed by atoms with Gasteiger partial charge in [0.1, 0.15) is 4.99 Å². The minimum absolute atomic E-state index is 0.202. The molecule has 0 atom stereocenters. The van der Waals surface area contributed by atoms with Gasteiger partial charge in [0.25, 0.3) is 0 Å². The Labute approximate surface area is 98.0 Å². The average Bonchev–Trinajstić information content (AvgIpc) is 2.11. The maximum atomic E-state index is 9.40. The Morgan fingerprint density at radius 3 is 2.36 bits per heavy atom. The molecule has 0 fully saturated rings. The molecular weight excluding hydrogens is 241 g/mol. The van der Waals surface area contributed by atoms with Crippen molar-refractivity contribution in [2.75, 3.05) is 0 Å². The predicted molar refractivity (Wildman–Crippen MR) is 62.1 cm³/mol. The Morgan fingerprint density at radius 2 is 1.93 bits per heavy atom. The summed E-state index contributed by atoms with van der Waals surface area (Å²) in [5, 5.41) is 11.4. The molecule has 0 radical (unpaired) electrons. The van der Waals surface area contributed by atoms with Crippen LogP contribution in [0.2, 0.25) is 10.0 Å². The van der Waals surface area contributed by atoms with Crippen LogP contribution in [0.25, 0.3) is 0 Å². The molecule has 5 heteroatoms. The van der Waals surface area contributed by atoms with Crippen molar-refractivity contribution in [3.05, 3.63) is 33.8 Å². The maximum absolute atomic E-state index is 9.40. The second kappa shape index (κ2) is 4.94. The SMILES string of the molecule is CC(=S)N(O)Cc1c(Cl)cccc1Cl. The van der Waals surface area contributed by atoms with Crippen LogP contribution in [0, 0.1) is 0 Å². The van der Waals surface area contributed by atoms with Gasteiger partial charge in [-0.15, -0.1) is 0 Å². The first-order chi connectivity index (χ1) is 6.52. The van der Waals surface area contributed by atoms with Crippen molar-refractivity contribution in [3.8, 4) is 0 Å². The predicted octanol–water partition coefficient (Wildman–Crippen LogP) is 3.53. The summed E-state index contributed by atoms with van der Waals surface area (Å²) in [6.07, 6.45) is 0. The molecule has 1 aromatic rings. The van der Waals surface area contributed by atoms with Gasteiger partial charge in [0.05, 0.1) is 6.54 Å². The second-order valence-corrected chi connectivity index (χ2v) is 4.18. The van der Waals surface area contributed by atoms with Crippen molar-refractivity contribution in [3.63, 3.8) is 0 Å². The van der Waals surface area contributed by atoms with Crippen molar-refractivity contribution < 1.29 is 5.21 Å². The monoisotopic (exact) mass is 249 g/mol. The molecule has 0 saturated carbocycles. The van der Waals surface area contributed by atoms with Gasteiger partial charge in [-0.1, -0.05) is 41.5 Å². The molecule has 0 saturated heterocycles. The van der Waals surface area contributed by atoms with E-state index in [2.05, 4.69) is 0 Å². The summed E-state index contributed by atoms with van der Waals surface area (Å²) in [6, 6.07) is 5.19. The largest absolute Gasteiger partial charge is 0.288 e. The molecule has 1 aromatic carbocycles. The topological polar surface area (TPSA) is 23.5 Å². The average molecular weight is 250 g/mol. The number of hydroxylamine groups is 2. The fraction of sp³-hybridized carbons (Fsp3) is 0.222. The molecule has 2 nitrogen and oxygen atoms in total. The molecule has 1 N–H and O–H groups in total. The summed E-state index contributed by atoms with van der Waals surface area (Å²) < 4.78 is 0. The van der Waals surface area contributed by atoms with Crippen molar-refractivity contribution in [1.29, 1.82) is 0 Å². The number of hydrogen-bond acceptors (Lipinski definition) is 2. The summed E-state index contributed by atoms with van der Waals surface area (Å²) in [6.45, 7) is 1.83. The summed E-state index contributed by atoms with van der Waals surface area (Å²) in [4.78, 5) is 0.376. The van der Waals surface area contributed by atoms with Crippen LogP contribution in [0.4, 0.5) is 0 Å². The Hall–Kier alpha value is -0.350. The van der Waals surface area contributed by atoms with Gasteiger partial charge in [-0.3, -0.25) is 5.21 Å². The number of halogens is 2. The van der Waals surface area contributed by atoms with Crippen molar-refractivity contribution in [2.45, 2.75) is 13.5 Å². The van der Waals surface area contributed by atoms with Crippen LogP contribution in [-0.2, 0) is 6.54 Å². The quantitative estimate of drug-likeness (QED) is 0.641. The summed E-state index contributed by atoms with van der Waals surface area (Å²) in [5.41, 5.74) is 0.669. The third-order valence-corrected chi connectivity index (χ3v) is 2.65. The lowest BCUT2D eigenvalue weighted by molar-refractivity contribution is -0.0203. The van der Waals surface area contributed by atoms with E-state index in [4.69, 9.17) is 35.4 Å². The molecule has 0 spiro atoms. The number of nitrogens with zero attached hydrogens (tertiary/aromatic N) is 1. The fourth-order valence-corrected chi connectivity index (χ4v) is 1.53. The number of hydrogen-bond donors (Lipinski definition) is 1. The van der Waals surface area contributed by atoms with E-state index in [9.17, 15) is 5.21 Å². The first-order valence-electron chi connectivity index (χ1n) is 3.92. The van der Waals surface area contributed by atoms with Crippen LogP contribution in [0.5, 0.6) is 0 Å². The smallest absolute Gasteiger partial charge is 0.101 e. The molecule has 0 bridgehead atoms. The normalized spacial score (nSPS) is 10.0. The van der Waals surface area contributed by atoms with Gasteiger partial charge < -0.3 is 0 Å². The van der Waals surface area contributed by atoms with Crippen molar-refractivity contribution in [1.82, 2.24) is 5.06 Å². The molecule has 0 heterocycles. The number of thiocarbonyl (C=S) groups is 1. The van der Waals surface area contributed by atoms with E-state index in [-0.39, 0.29) is 6.54 Å². The Bertz CT molecular complexity index is 336. The molecule has 0 aliphatic rings. The van der Waals surface area contributed by atoms with Gasteiger partial charge in [0, 0.05) is 15.6 Å². The molecule has 0 aromatic heterocycles. The maximum Gasteiger partial charge on any atom is 0.101 e. The zero-order valence-electron chi connectivity index (χ0n) is 7.50. The number of benzene rings is 1. The minimum Gasteiger partial charge on any atom is -0.288 e. The van der Waals surface area contributed by atoms with Crippen molar-refractivity contribution >= 4 is 40.4 Å². The van der Waals surface area contributed by atoms with E-state index in [1.165, 1.54) is 0 Å². The molecule has 1 rings (SSSR count). The van der Waals surface area contributed by atoms with E-state index >= 15 is 0 Å². The first-order valence-corrected chi connectivity index (χ1v) is 5.08. The first kappa shape index (κ1) is 11.7. The Kier molecular flexibility index (Phi) is 4.13. The highest BCUT2D eigenvalue weighted by atomic mass is 35.5. The third kappa shape index (κ3) is 2.82. The summed E-state index contributed by atoms with van der Waals surface area (Å²) in [5.74, 6) is 0. The van der Waals surface area contributed by atoms with Gasteiger partial charge in [-0.2, -0.15) is 0 Å². The third-order valence-electron chi connectivity index (χ3n) is 1.73. The summed E-state index contributed by atoms with van der Waals surface area (Å²) in [7, 11) is 0. The molecule has 0 aliphatic carbocycles. The zero-order chi connectivity index (χ0) is 10.7. The highest BCUT2D eigenvalue weighted by molar-refractivity contribution is 7.80. The lowest BCUT2D eigenvalue weighted by Crippen LogP contribution is -2.22. The van der Waals surface area contributed by atoms with Crippen LogP contribution in [0.1, 0.15) is 12.5 Å². The van der Waals surface area contributed by atoms with Gasteiger partial charge in [-0.05, 0) is 19.1 Å². The lowest BCUT2D eigenvalue weighted by atomic mass is 10.2. The molecule has 0 aliphatic heterocycles. The number of rotatable bonds is 2. The van der Waals surface area contributed by atoms with Crippen LogP contribution >= 0.6 is 35.4 Å². The highest BCUT2D eigenvalue weighted by Gasteiger charge is 2.09. The summed E-state index contributed by atoms with van der Waals surface area (Å²) >= 11 is 16.6. The van der Waals surface area contributed by atoms with E-state index in [1.54, 1.807) is 25.1 Å². The molecule has 0 unspecified atom stereocenters. The molecular formula is C9H9Cl2NOS.